The third-order valence-corrected chi connectivity index (χ3v) is 13.9. The summed E-state index contributed by atoms with van der Waals surface area (Å²) in [6, 6.07) is 5.51. The molecule has 5 aliphatic heterocycles. The van der Waals surface area contributed by atoms with Crippen molar-refractivity contribution >= 4 is 40.1 Å². The Labute approximate surface area is 353 Å². The van der Waals surface area contributed by atoms with Gasteiger partial charge in [-0.05, 0) is 76.8 Å². The first-order chi connectivity index (χ1) is 28.6. The lowest BCUT2D eigenvalue weighted by Gasteiger charge is -2.40. The highest BCUT2D eigenvalue weighted by Crippen LogP contribution is 2.46. The average molecular weight is 856 g/mol. The Kier molecular flexibility index (Phi) is 13.4. The van der Waals surface area contributed by atoms with Crippen LogP contribution in [0.1, 0.15) is 95.7 Å². The Balaban J connectivity index is 1.15. The predicted octanol–water partition coefficient (Wildman–Crippen LogP) is 2.77. The van der Waals surface area contributed by atoms with Gasteiger partial charge >= 0.3 is 22.4 Å². The Morgan fingerprint density at radius 2 is 1.73 bits per heavy atom. The summed E-state index contributed by atoms with van der Waals surface area (Å²) in [5.41, 5.74) is -0.204. The molecule has 0 aromatic heterocycles. The molecule has 3 N–H and O–H groups in total. The molecule has 60 heavy (non-hydrogen) atoms. The fraction of sp³-hybridized carbons (Fsp3) is 0.690. The van der Waals surface area contributed by atoms with Crippen LogP contribution >= 0.6 is 0 Å². The van der Waals surface area contributed by atoms with Gasteiger partial charge in [-0.1, -0.05) is 49.3 Å². The predicted molar refractivity (Wildman–Crippen MR) is 219 cm³/mol. The molecule has 1 aliphatic carbocycles. The minimum Gasteiger partial charge on any atom is -0.444 e. The van der Waals surface area contributed by atoms with Crippen LogP contribution in [0, 0.1) is 5.92 Å². The maximum Gasteiger partial charge on any atom is 0.410 e. The number of carbonyl (C=O) groups is 5. The molecule has 4 fully saturated rings. The van der Waals surface area contributed by atoms with Crippen molar-refractivity contribution in [2.24, 2.45) is 5.92 Å². The highest BCUT2D eigenvalue weighted by molar-refractivity contribution is 7.87. The number of hydrogen-bond acceptors (Lipinski definition) is 11. The Bertz CT molecular complexity index is 1910. The van der Waals surface area contributed by atoms with Crippen molar-refractivity contribution in [3.63, 3.8) is 0 Å². The highest BCUT2D eigenvalue weighted by Gasteiger charge is 2.62. The van der Waals surface area contributed by atoms with Crippen LogP contribution in [0.25, 0.3) is 0 Å². The van der Waals surface area contributed by atoms with Crippen LogP contribution in [0.4, 0.5) is 9.59 Å². The summed E-state index contributed by atoms with van der Waals surface area (Å²) in [5.74, 6) is -2.56. The zero-order chi connectivity index (χ0) is 42.7. The number of allylic oxidation sites excluding steroid dienone is 1. The van der Waals surface area contributed by atoms with E-state index in [4.69, 9.17) is 14.2 Å². The number of hydrogen-bond donors (Lipinski definition) is 3. The van der Waals surface area contributed by atoms with E-state index in [1.54, 1.807) is 25.7 Å². The van der Waals surface area contributed by atoms with Crippen LogP contribution in [0.2, 0.25) is 0 Å². The number of nitrogens with one attached hydrogen (secondary N) is 3. The summed E-state index contributed by atoms with van der Waals surface area (Å²) < 4.78 is 47.3. The van der Waals surface area contributed by atoms with E-state index in [0.29, 0.717) is 71.5 Å². The first-order valence-corrected chi connectivity index (χ1v) is 23.0. The molecule has 330 valence electrons. The second-order valence-electron chi connectivity index (χ2n) is 17.9. The van der Waals surface area contributed by atoms with Gasteiger partial charge in [0.05, 0.1) is 25.8 Å². The average Bonchev–Trinajstić information content (AvgIpc) is 3.50. The molecular weight excluding hydrogens is 795 g/mol. The number of amides is 5. The number of carbonyl (C=O) groups excluding carboxylic acids is 5. The van der Waals surface area contributed by atoms with Gasteiger partial charge in [-0.15, -0.1) is 0 Å². The number of alkyl carbamates (subject to hydrolysis) is 1. The Hall–Kier alpha value is -4.26. The smallest absolute Gasteiger partial charge is 0.410 e. The summed E-state index contributed by atoms with van der Waals surface area (Å²) in [7, 11) is -4.16. The van der Waals surface area contributed by atoms with Crippen LogP contribution in [-0.4, -0.2) is 146 Å². The molecule has 5 heterocycles. The summed E-state index contributed by atoms with van der Waals surface area (Å²) in [5, 5.41) is 5.61. The number of ether oxygens (including phenoxy) is 3. The van der Waals surface area contributed by atoms with Crippen molar-refractivity contribution in [1.82, 2.24) is 34.4 Å². The zero-order valence-corrected chi connectivity index (χ0v) is 35.9. The molecular formula is C42H61N7O10S. The van der Waals surface area contributed by atoms with Gasteiger partial charge in [0.2, 0.25) is 11.8 Å². The zero-order valence-electron chi connectivity index (χ0n) is 35.1. The van der Waals surface area contributed by atoms with Crippen molar-refractivity contribution in [3.8, 4) is 0 Å². The van der Waals surface area contributed by atoms with Crippen molar-refractivity contribution in [1.29, 1.82) is 0 Å². The largest absolute Gasteiger partial charge is 0.444 e. The van der Waals surface area contributed by atoms with Crippen LogP contribution in [-0.2, 0) is 45.2 Å². The fourth-order valence-electron chi connectivity index (χ4n) is 9.12. The molecule has 3 saturated heterocycles. The first kappa shape index (κ1) is 43.8. The van der Waals surface area contributed by atoms with E-state index in [1.807, 2.05) is 30.4 Å². The van der Waals surface area contributed by atoms with Crippen molar-refractivity contribution in [2.45, 2.75) is 120 Å². The van der Waals surface area contributed by atoms with Crippen molar-refractivity contribution in [2.75, 3.05) is 59.0 Å². The van der Waals surface area contributed by atoms with Crippen LogP contribution in [0.5, 0.6) is 0 Å². The van der Waals surface area contributed by atoms with E-state index in [0.717, 1.165) is 37.1 Å². The van der Waals surface area contributed by atoms with Gasteiger partial charge in [0.25, 0.3) is 5.91 Å². The molecule has 1 aromatic carbocycles. The monoisotopic (exact) mass is 855 g/mol. The van der Waals surface area contributed by atoms with E-state index in [1.165, 1.54) is 9.21 Å². The maximum absolute atomic E-state index is 14.6. The van der Waals surface area contributed by atoms with Gasteiger partial charge in [0, 0.05) is 51.6 Å². The number of rotatable bonds is 7. The van der Waals surface area contributed by atoms with Gasteiger partial charge in [0.1, 0.15) is 29.3 Å². The van der Waals surface area contributed by atoms with Gasteiger partial charge < -0.3 is 29.7 Å². The highest BCUT2D eigenvalue weighted by atomic mass is 32.2. The van der Waals surface area contributed by atoms with E-state index in [-0.39, 0.29) is 31.8 Å². The third-order valence-electron chi connectivity index (χ3n) is 12.4. The molecule has 1 unspecified atom stereocenters. The molecule has 17 nitrogen and oxygen atoms in total. The quantitative estimate of drug-likeness (QED) is 0.342. The number of morpholine rings is 1. The lowest BCUT2D eigenvalue weighted by Crippen LogP contribution is -2.59. The molecule has 5 amide bonds. The van der Waals surface area contributed by atoms with Crippen LogP contribution in [0.3, 0.4) is 0 Å². The maximum atomic E-state index is 14.6. The molecule has 18 heteroatoms. The van der Waals surface area contributed by atoms with Crippen LogP contribution in [0.15, 0.2) is 36.4 Å². The molecule has 6 atom stereocenters. The molecule has 0 bridgehead atoms. The molecule has 6 aliphatic rings. The number of fused-ring (bicyclic) bond motifs is 3. The Morgan fingerprint density at radius 1 is 0.983 bits per heavy atom. The third kappa shape index (κ3) is 10.3. The van der Waals surface area contributed by atoms with Crippen LogP contribution < -0.4 is 15.4 Å². The van der Waals surface area contributed by atoms with E-state index >= 15 is 0 Å². The number of nitrogens with zero attached hydrogens (tertiary/aromatic N) is 4. The normalized spacial score (nSPS) is 30.1. The molecule has 0 radical (unpaired) electrons. The van der Waals surface area contributed by atoms with Gasteiger partial charge in [0.15, 0.2) is 0 Å². The topological polar surface area (TPSA) is 196 Å². The second kappa shape index (κ2) is 18.4. The number of benzene rings is 1. The van der Waals surface area contributed by atoms with Crippen molar-refractivity contribution in [3.05, 3.63) is 47.5 Å². The Morgan fingerprint density at radius 3 is 2.48 bits per heavy atom. The lowest BCUT2D eigenvalue weighted by atomic mass is 9.92. The molecule has 0 spiro atoms. The van der Waals surface area contributed by atoms with Gasteiger partial charge in [-0.2, -0.15) is 12.7 Å². The SMILES string of the molecule is CC(C)(C)OC(=O)N[C@H]1CCCCC/C=C/[C@@H]2C[C@@]2(C(=O)NS(=O)(=O)N2CCCC2)NC(=O)C2C[C@@H](OC(=O)N3CCc4ccccc4[C@H]3CN3CCOCC3)CN2C1=O. The van der Waals surface area contributed by atoms with E-state index < -0.39 is 75.4 Å². The summed E-state index contributed by atoms with van der Waals surface area (Å²) in [6.45, 7) is 9.28. The van der Waals surface area contributed by atoms with E-state index in [9.17, 15) is 32.4 Å². The lowest BCUT2D eigenvalue weighted by molar-refractivity contribution is -0.141. The van der Waals surface area contributed by atoms with Gasteiger partial charge in [-0.25, -0.2) is 14.3 Å². The standard InChI is InChI=1S/C42H61N7O10S/c1-41(2,3)59-39(53)43-33-16-8-6-4-5-7-14-30-26-42(30,38(52)45-60(55,56)47-18-11-12-19-47)44-36(50)34-25-31(27-49(34)37(33)51)58-40(54)48-20-17-29-13-9-10-15-32(29)35(48)28-46-21-23-57-24-22-46/h7,9-10,13-15,30-31,33-35H,4-6,8,11-12,16-28H2,1-3H3,(H,43,53)(H,44,50)(H,45,52)/b14-7+/t30-,31-,33+,34?,35-,42-/m1/s1. The van der Waals surface area contributed by atoms with Crippen molar-refractivity contribution < 1.29 is 46.6 Å². The van der Waals surface area contributed by atoms with E-state index in [2.05, 4.69) is 26.3 Å². The summed E-state index contributed by atoms with van der Waals surface area (Å²) in [6.07, 6.45) is 6.66. The molecule has 7 rings (SSSR count). The minimum absolute atomic E-state index is 0.0781. The summed E-state index contributed by atoms with van der Waals surface area (Å²) >= 11 is 0. The molecule has 1 saturated carbocycles. The second-order valence-corrected chi connectivity index (χ2v) is 19.6. The molecule has 1 aromatic rings. The first-order valence-electron chi connectivity index (χ1n) is 21.6. The summed E-state index contributed by atoms with van der Waals surface area (Å²) in [4.78, 5) is 75.9. The van der Waals surface area contributed by atoms with Gasteiger partial charge in [-0.3, -0.25) is 24.2 Å². The fourth-order valence-corrected chi connectivity index (χ4v) is 10.4. The minimum atomic E-state index is -4.16.